The van der Waals surface area contributed by atoms with Crippen LogP contribution in [0.5, 0.6) is 17.2 Å². The van der Waals surface area contributed by atoms with Gasteiger partial charge in [-0.3, -0.25) is 4.90 Å². The van der Waals surface area contributed by atoms with E-state index in [1.807, 2.05) is 12.1 Å². The first-order valence-corrected chi connectivity index (χ1v) is 14.8. The summed E-state index contributed by atoms with van der Waals surface area (Å²) in [5, 5.41) is 13.6. The zero-order valence-corrected chi connectivity index (χ0v) is 23.5. The molecule has 1 atom stereocenters. The van der Waals surface area contributed by atoms with Crippen molar-refractivity contribution in [3.05, 3.63) is 82.9 Å². The molecule has 208 valence electrons. The number of phenols is 1. The highest BCUT2D eigenvalue weighted by Gasteiger charge is 2.23. The monoisotopic (exact) mass is 528 g/mol. The van der Waals surface area contributed by atoms with Crippen molar-refractivity contribution in [1.29, 1.82) is 0 Å². The molecule has 1 aliphatic heterocycles. The predicted octanol–water partition coefficient (Wildman–Crippen LogP) is 6.97. The van der Waals surface area contributed by atoms with Crippen molar-refractivity contribution in [2.45, 2.75) is 63.7 Å². The Bertz CT molecular complexity index is 1190. The second kappa shape index (κ2) is 13.7. The van der Waals surface area contributed by atoms with Gasteiger partial charge in [0.2, 0.25) is 0 Å². The van der Waals surface area contributed by atoms with E-state index < -0.39 is 0 Å². The summed E-state index contributed by atoms with van der Waals surface area (Å²) in [6.45, 7) is 5.13. The van der Waals surface area contributed by atoms with E-state index in [9.17, 15) is 5.11 Å². The van der Waals surface area contributed by atoms with Gasteiger partial charge >= 0.3 is 0 Å². The molecular formula is C34H44N2O3. The number of hydrogen-bond acceptors (Lipinski definition) is 5. The molecule has 3 aromatic rings. The molecule has 1 unspecified atom stereocenters. The molecule has 0 bridgehead atoms. The van der Waals surface area contributed by atoms with Crippen molar-refractivity contribution in [2.75, 3.05) is 45.2 Å². The normalized spacial score (nSPS) is 17.7. The molecule has 0 saturated carbocycles. The van der Waals surface area contributed by atoms with Crippen LogP contribution in [0, 0.1) is 0 Å². The Morgan fingerprint density at radius 1 is 0.897 bits per heavy atom. The first kappa shape index (κ1) is 27.4. The Balaban J connectivity index is 1.10. The fourth-order valence-electron chi connectivity index (χ4n) is 6.10. The number of rotatable bonds is 11. The molecule has 0 aromatic heterocycles. The zero-order chi connectivity index (χ0) is 26.9. The van der Waals surface area contributed by atoms with Gasteiger partial charge in [-0.1, -0.05) is 37.1 Å². The molecule has 1 fully saturated rings. The fraction of sp³-hybridized carbons (Fsp3) is 0.471. The molecule has 5 heteroatoms. The lowest BCUT2D eigenvalue weighted by atomic mass is 9.79. The Morgan fingerprint density at radius 3 is 2.49 bits per heavy atom. The van der Waals surface area contributed by atoms with E-state index in [1.165, 1.54) is 66.7 Å². The summed E-state index contributed by atoms with van der Waals surface area (Å²) >= 11 is 0. The van der Waals surface area contributed by atoms with E-state index in [0.717, 1.165) is 63.3 Å². The van der Waals surface area contributed by atoms with Gasteiger partial charge in [0.1, 0.15) is 23.9 Å². The first-order valence-electron chi connectivity index (χ1n) is 14.8. The van der Waals surface area contributed by atoms with Crippen molar-refractivity contribution in [2.24, 2.45) is 0 Å². The van der Waals surface area contributed by atoms with E-state index in [2.05, 4.69) is 58.7 Å². The van der Waals surface area contributed by atoms with E-state index in [0.29, 0.717) is 11.7 Å². The van der Waals surface area contributed by atoms with Gasteiger partial charge in [-0.25, -0.2) is 0 Å². The minimum atomic E-state index is 0.365. The third-order valence-corrected chi connectivity index (χ3v) is 8.37. The lowest BCUT2D eigenvalue weighted by Gasteiger charge is -2.27. The van der Waals surface area contributed by atoms with E-state index >= 15 is 0 Å². The Hall–Kier alpha value is -3.18. The number of methoxy groups -OCH3 is 1. The Morgan fingerprint density at radius 2 is 1.69 bits per heavy atom. The number of phenolic OH excluding ortho intramolecular Hbond substituents is 1. The number of aryl methyl sites for hydroxylation is 2. The van der Waals surface area contributed by atoms with Crippen molar-refractivity contribution in [3.8, 4) is 17.2 Å². The van der Waals surface area contributed by atoms with Gasteiger partial charge < -0.3 is 19.9 Å². The van der Waals surface area contributed by atoms with Gasteiger partial charge in [-0.2, -0.15) is 0 Å². The maximum Gasteiger partial charge on any atom is 0.120 e. The van der Waals surface area contributed by atoms with Crippen LogP contribution < -0.4 is 14.8 Å². The number of nitrogens with one attached hydrogen (secondary N) is 1. The van der Waals surface area contributed by atoms with E-state index in [-0.39, 0.29) is 0 Å². The molecule has 3 aromatic carbocycles. The second-order valence-corrected chi connectivity index (χ2v) is 11.1. The molecule has 1 heterocycles. The fourth-order valence-corrected chi connectivity index (χ4v) is 6.10. The molecular weight excluding hydrogens is 484 g/mol. The summed E-state index contributed by atoms with van der Waals surface area (Å²) < 4.78 is 11.6. The summed E-state index contributed by atoms with van der Waals surface area (Å²) in [7, 11) is 1.73. The number of likely N-dealkylation sites (tertiary alicyclic amines) is 1. The lowest BCUT2D eigenvalue weighted by molar-refractivity contribution is 0.214. The standard InChI is InChI=1S/C34H44N2O3/c1-38-32-16-17-33(29-11-10-28-24-30(37)13-12-27(28)23-29)34(25-32)35-18-6-7-26-8-14-31(15-9-26)39-22-21-36-19-4-2-3-5-20-36/h8-9,12-17,24-25,29,35,37H,2-7,10-11,18-23H2,1H3. The quantitative estimate of drug-likeness (QED) is 0.263. The molecule has 39 heavy (non-hydrogen) atoms. The van der Waals surface area contributed by atoms with Crippen LogP contribution in [0.25, 0.3) is 0 Å². The van der Waals surface area contributed by atoms with Crippen LogP contribution in [0.1, 0.15) is 66.7 Å². The topological polar surface area (TPSA) is 54.0 Å². The molecule has 0 radical (unpaired) electrons. The molecule has 2 aliphatic rings. The third kappa shape index (κ3) is 7.69. The number of anilines is 1. The molecule has 0 spiro atoms. The van der Waals surface area contributed by atoms with Gasteiger partial charge in [0.05, 0.1) is 7.11 Å². The molecule has 5 rings (SSSR count). The van der Waals surface area contributed by atoms with Crippen molar-refractivity contribution >= 4 is 5.69 Å². The summed E-state index contributed by atoms with van der Waals surface area (Å²) in [5.41, 5.74) is 6.50. The van der Waals surface area contributed by atoms with Gasteiger partial charge in [0, 0.05) is 24.8 Å². The first-order chi connectivity index (χ1) is 19.2. The average molecular weight is 529 g/mol. The van der Waals surface area contributed by atoms with Crippen LogP contribution in [0.4, 0.5) is 5.69 Å². The lowest BCUT2D eigenvalue weighted by Crippen LogP contribution is -2.29. The largest absolute Gasteiger partial charge is 0.508 e. The molecule has 2 N–H and O–H groups in total. The van der Waals surface area contributed by atoms with E-state index in [1.54, 1.807) is 7.11 Å². The Labute approximate surface area is 234 Å². The molecule has 1 aliphatic carbocycles. The highest BCUT2D eigenvalue weighted by Crippen LogP contribution is 2.38. The molecule has 5 nitrogen and oxygen atoms in total. The van der Waals surface area contributed by atoms with Crippen molar-refractivity contribution < 1.29 is 14.6 Å². The van der Waals surface area contributed by atoms with E-state index in [4.69, 9.17) is 9.47 Å². The van der Waals surface area contributed by atoms with Crippen molar-refractivity contribution in [1.82, 2.24) is 4.90 Å². The number of nitrogens with zero attached hydrogens (tertiary/aromatic N) is 1. The summed E-state index contributed by atoms with van der Waals surface area (Å²) in [6.07, 6.45) is 10.6. The number of ether oxygens (including phenoxy) is 2. The highest BCUT2D eigenvalue weighted by molar-refractivity contribution is 5.57. The van der Waals surface area contributed by atoms with Crippen LogP contribution in [0.2, 0.25) is 0 Å². The molecule has 0 amide bonds. The minimum Gasteiger partial charge on any atom is -0.508 e. The average Bonchev–Trinajstić information content (AvgIpc) is 3.25. The summed E-state index contributed by atoms with van der Waals surface area (Å²) in [5.74, 6) is 2.68. The van der Waals surface area contributed by atoms with Crippen LogP contribution in [-0.4, -0.2) is 49.9 Å². The Kier molecular flexibility index (Phi) is 9.66. The SMILES string of the molecule is COc1ccc(C2CCc3cc(O)ccc3C2)c(NCCCc2ccc(OCCN3CCCCCC3)cc2)c1. The smallest absolute Gasteiger partial charge is 0.120 e. The van der Waals surface area contributed by atoms with Crippen LogP contribution in [0.3, 0.4) is 0 Å². The van der Waals surface area contributed by atoms with Gasteiger partial charge in [0.25, 0.3) is 0 Å². The maximum atomic E-state index is 9.84. The van der Waals surface area contributed by atoms with Crippen LogP contribution in [-0.2, 0) is 19.3 Å². The number of benzene rings is 3. The summed E-state index contributed by atoms with van der Waals surface area (Å²) in [4.78, 5) is 2.54. The van der Waals surface area contributed by atoms with Crippen molar-refractivity contribution in [3.63, 3.8) is 0 Å². The maximum absolute atomic E-state index is 9.84. The molecule has 1 saturated heterocycles. The van der Waals surface area contributed by atoms with Gasteiger partial charge in [-0.15, -0.1) is 0 Å². The third-order valence-electron chi connectivity index (χ3n) is 8.37. The van der Waals surface area contributed by atoms with Gasteiger partial charge in [0.15, 0.2) is 0 Å². The van der Waals surface area contributed by atoms with Crippen LogP contribution >= 0.6 is 0 Å². The van der Waals surface area contributed by atoms with Crippen LogP contribution in [0.15, 0.2) is 60.7 Å². The number of aromatic hydroxyl groups is 1. The minimum absolute atomic E-state index is 0.365. The summed E-state index contributed by atoms with van der Waals surface area (Å²) in [6, 6.07) is 20.9. The highest BCUT2D eigenvalue weighted by atomic mass is 16.5. The number of hydrogen-bond donors (Lipinski definition) is 2. The predicted molar refractivity (Wildman–Crippen MR) is 160 cm³/mol. The zero-order valence-electron chi connectivity index (χ0n) is 23.5. The second-order valence-electron chi connectivity index (χ2n) is 11.1. The number of fused-ring (bicyclic) bond motifs is 1. The van der Waals surface area contributed by atoms with Gasteiger partial charge in [-0.05, 0) is 117 Å².